The van der Waals surface area contributed by atoms with Gasteiger partial charge in [-0.2, -0.15) is 0 Å². The van der Waals surface area contributed by atoms with Crippen molar-refractivity contribution in [3.63, 3.8) is 0 Å². The first-order chi connectivity index (χ1) is 9.07. The van der Waals surface area contributed by atoms with Gasteiger partial charge in [-0.3, -0.25) is 9.80 Å². The third-order valence-corrected chi connectivity index (χ3v) is 4.36. The van der Waals surface area contributed by atoms with Crippen molar-refractivity contribution in [2.45, 2.75) is 18.9 Å². The number of hydrogen-bond donors (Lipinski definition) is 1. The van der Waals surface area contributed by atoms with Gasteiger partial charge in [0.25, 0.3) is 0 Å². The normalized spacial score (nSPS) is 21.8. The molecule has 1 saturated heterocycles. The van der Waals surface area contributed by atoms with E-state index in [2.05, 4.69) is 35.7 Å². The summed E-state index contributed by atoms with van der Waals surface area (Å²) in [7, 11) is 6.03. The maximum Gasteiger partial charge on any atom is 0.0658 e. The molecule has 1 heterocycles. The summed E-state index contributed by atoms with van der Waals surface area (Å²) in [5.74, 6) is 0. The Morgan fingerprint density at radius 3 is 2.26 bits per heavy atom. The SMILES string of the molecule is CCC(CN)(COC)N1CCN(CCN(C)C)CC1. The van der Waals surface area contributed by atoms with Gasteiger partial charge in [0, 0.05) is 52.9 Å². The van der Waals surface area contributed by atoms with E-state index in [9.17, 15) is 0 Å². The molecule has 5 nitrogen and oxygen atoms in total. The summed E-state index contributed by atoms with van der Waals surface area (Å²) in [6.45, 7) is 10.4. The first kappa shape index (κ1) is 16.9. The van der Waals surface area contributed by atoms with E-state index in [0.717, 1.165) is 52.3 Å². The number of nitrogens with zero attached hydrogens (tertiary/aromatic N) is 3. The molecule has 114 valence electrons. The van der Waals surface area contributed by atoms with Gasteiger partial charge in [0.2, 0.25) is 0 Å². The quantitative estimate of drug-likeness (QED) is 0.670. The highest BCUT2D eigenvalue weighted by Crippen LogP contribution is 2.21. The van der Waals surface area contributed by atoms with Crippen molar-refractivity contribution in [3.8, 4) is 0 Å². The first-order valence-electron chi connectivity index (χ1n) is 7.39. The minimum Gasteiger partial charge on any atom is -0.383 e. The Hall–Kier alpha value is -0.200. The van der Waals surface area contributed by atoms with Crippen molar-refractivity contribution >= 4 is 0 Å². The van der Waals surface area contributed by atoms with Crippen LogP contribution in [0.3, 0.4) is 0 Å². The first-order valence-corrected chi connectivity index (χ1v) is 7.39. The highest BCUT2D eigenvalue weighted by atomic mass is 16.5. The maximum atomic E-state index is 6.03. The van der Waals surface area contributed by atoms with Crippen LogP contribution in [0.4, 0.5) is 0 Å². The van der Waals surface area contributed by atoms with Gasteiger partial charge in [0.15, 0.2) is 0 Å². The van der Waals surface area contributed by atoms with Crippen LogP contribution in [-0.4, -0.2) is 93.9 Å². The summed E-state index contributed by atoms with van der Waals surface area (Å²) < 4.78 is 5.41. The van der Waals surface area contributed by atoms with Crippen molar-refractivity contribution in [2.24, 2.45) is 5.73 Å². The molecule has 1 aliphatic heterocycles. The molecule has 0 bridgehead atoms. The van der Waals surface area contributed by atoms with Crippen molar-refractivity contribution in [3.05, 3.63) is 0 Å². The predicted octanol–water partition coefficient (Wildman–Crippen LogP) is -0.0805. The van der Waals surface area contributed by atoms with Gasteiger partial charge in [-0.25, -0.2) is 0 Å². The van der Waals surface area contributed by atoms with Crippen LogP contribution in [0.5, 0.6) is 0 Å². The van der Waals surface area contributed by atoms with E-state index >= 15 is 0 Å². The molecule has 1 rings (SSSR count). The summed E-state index contributed by atoms with van der Waals surface area (Å²) in [6, 6.07) is 0. The third-order valence-electron chi connectivity index (χ3n) is 4.36. The van der Waals surface area contributed by atoms with Crippen molar-refractivity contribution in [1.29, 1.82) is 0 Å². The largest absolute Gasteiger partial charge is 0.383 e. The van der Waals surface area contributed by atoms with E-state index in [1.807, 2.05) is 0 Å². The summed E-state index contributed by atoms with van der Waals surface area (Å²) in [5, 5.41) is 0. The predicted molar refractivity (Wildman–Crippen MR) is 80.5 cm³/mol. The molecule has 0 aromatic heterocycles. The lowest BCUT2D eigenvalue weighted by Gasteiger charge is -2.46. The highest BCUT2D eigenvalue weighted by Gasteiger charge is 2.35. The Labute approximate surface area is 118 Å². The van der Waals surface area contributed by atoms with E-state index in [1.165, 1.54) is 0 Å². The fraction of sp³-hybridized carbons (Fsp3) is 1.00. The molecule has 0 aromatic carbocycles. The second kappa shape index (κ2) is 8.17. The minimum atomic E-state index is 0.0301. The molecule has 1 aliphatic rings. The molecule has 1 fully saturated rings. The standard InChI is InChI=1S/C14H32N4O/c1-5-14(12-15,13-19-4)18-10-8-17(9-11-18)7-6-16(2)3/h5-13,15H2,1-4H3. The van der Waals surface area contributed by atoms with Crippen LogP contribution in [0, 0.1) is 0 Å². The van der Waals surface area contributed by atoms with E-state index in [-0.39, 0.29) is 5.54 Å². The molecule has 0 radical (unpaired) electrons. The number of rotatable bonds is 8. The van der Waals surface area contributed by atoms with Gasteiger partial charge < -0.3 is 15.4 Å². The van der Waals surface area contributed by atoms with Crippen LogP contribution < -0.4 is 5.73 Å². The minimum absolute atomic E-state index is 0.0301. The Morgan fingerprint density at radius 1 is 1.21 bits per heavy atom. The Bertz CT molecular complexity index is 236. The number of likely N-dealkylation sites (N-methyl/N-ethyl adjacent to an activating group) is 1. The second-order valence-corrected chi connectivity index (χ2v) is 5.85. The number of ether oxygens (including phenoxy) is 1. The Balaban J connectivity index is 2.46. The molecule has 0 saturated carbocycles. The van der Waals surface area contributed by atoms with Crippen molar-refractivity contribution in [1.82, 2.24) is 14.7 Å². The lowest BCUT2D eigenvalue weighted by atomic mass is 9.94. The van der Waals surface area contributed by atoms with Crippen LogP contribution in [-0.2, 0) is 4.74 Å². The molecule has 19 heavy (non-hydrogen) atoms. The fourth-order valence-electron chi connectivity index (χ4n) is 2.81. The van der Waals surface area contributed by atoms with Crippen LogP contribution >= 0.6 is 0 Å². The molecule has 1 atom stereocenters. The van der Waals surface area contributed by atoms with Gasteiger partial charge >= 0.3 is 0 Å². The Kier molecular flexibility index (Phi) is 7.25. The number of nitrogens with two attached hydrogens (primary N) is 1. The zero-order valence-electron chi connectivity index (χ0n) is 13.2. The molecular formula is C14H32N4O. The van der Waals surface area contributed by atoms with Crippen LogP contribution in [0.25, 0.3) is 0 Å². The van der Waals surface area contributed by atoms with E-state index in [0.29, 0.717) is 6.54 Å². The van der Waals surface area contributed by atoms with E-state index in [1.54, 1.807) is 7.11 Å². The van der Waals surface area contributed by atoms with Crippen molar-refractivity contribution < 1.29 is 4.74 Å². The molecule has 5 heteroatoms. The lowest BCUT2D eigenvalue weighted by Crippen LogP contribution is -2.62. The van der Waals surface area contributed by atoms with E-state index in [4.69, 9.17) is 10.5 Å². The van der Waals surface area contributed by atoms with Gasteiger partial charge in [-0.05, 0) is 20.5 Å². The monoisotopic (exact) mass is 272 g/mol. The summed E-state index contributed by atoms with van der Waals surface area (Å²) in [5.41, 5.74) is 6.06. The van der Waals surface area contributed by atoms with Crippen LogP contribution in [0.15, 0.2) is 0 Å². The summed E-state index contributed by atoms with van der Waals surface area (Å²) in [4.78, 5) is 7.32. The molecule has 0 aliphatic carbocycles. The molecule has 0 amide bonds. The zero-order valence-corrected chi connectivity index (χ0v) is 13.2. The van der Waals surface area contributed by atoms with Gasteiger partial charge in [0.05, 0.1) is 12.1 Å². The number of methoxy groups -OCH3 is 1. The molecular weight excluding hydrogens is 240 g/mol. The van der Waals surface area contributed by atoms with Crippen LogP contribution in [0.1, 0.15) is 13.3 Å². The maximum absolute atomic E-state index is 6.03. The highest BCUT2D eigenvalue weighted by molar-refractivity contribution is 4.93. The zero-order chi connectivity index (χ0) is 14.3. The van der Waals surface area contributed by atoms with E-state index < -0.39 is 0 Å². The average molecular weight is 272 g/mol. The molecule has 0 spiro atoms. The third kappa shape index (κ3) is 4.68. The number of piperazine rings is 1. The second-order valence-electron chi connectivity index (χ2n) is 5.85. The summed E-state index contributed by atoms with van der Waals surface area (Å²) >= 11 is 0. The molecule has 1 unspecified atom stereocenters. The van der Waals surface area contributed by atoms with Crippen molar-refractivity contribution in [2.75, 3.05) is 73.6 Å². The molecule has 2 N–H and O–H groups in total. The smallest absolute Gasteiger partial charge is 0.0658 e. The summed E-state index contributed by atoms with van der Waals surface area (Å²) in [6.07, 6.45) is 1.05. The molecule has 0 aromatic rings. The topological polar surface area (TPSA) is 45.0 Å². The van der Waals surface area contributed by atoms with Gasteiger partial charge in [-0.1, -0.05) is 6.92 Å². The van der Waals surface area contributed by atoms with Crippen LogP contribution in [0.2, 0.25) is 0 Å². The lowest BCUT2D eigenvalue weighted by molar-refractivity contribution is -0.0165. The fourth-order valence-corrected chi connectivity index (χ4v) is 2.81. The van der Waals surface area contributed by atoms with Gasteiger partial charge in [-0.15, -0.1) is 0 Å². The average Bonchev–Trinajstić information content (AvgIpc) is 2.43. The Morgan fingerprint density at radius 2 is 1.84 bits per heavy atom. The van der Waals surface area contributed by atoms with Gasteiger partial charge in [0.1, 0.15) is 0 Å². The number of hydrogen-bond acceptors (Lipinski definition) is 5.